The molecule has 1 fully saturated rings. The zero-order valence-electron chi connectivity index (χ0n) is 7.11. The Morgan fingerprint density at radius 3 is 3.15 bits per heavy atom. The molecular formula is C8H11ClN2O2. The number of hydrogen-bond donors (Lipinski definition) is 1. The van der Waals surface area contributed by atoms with Gasteiger partial charge in [0.25, 0.3) is 0 Å². The van der Waals surface area contributed by atoms with E-state index in [4.69, 9.17) is 21.4 Å². The highest BCUT2D eigenvalue weighted by atomic mass is 35.5. The molecule has 13 heavy (non-hydrogen) atoms. The normalized spacial score (nSPS) is 22.4. The lowest BCUT2D eigenvalue weighted by Gasteiger charge is -2.09. The van der Waals surface area contributed by atoms with Crippen LogP contribution in [0.5, 0.6) is 5.75 Å². The first kappa shape index (κ1) is 8.84. The van der Waals surface area contributed by atoms with Crippen molar-refractivity contribution < 1.29 is 9.84 Å². The van der Waals surface area contributed by atoms with E-state index in [1.807, 2.05) is 0 Å². The Bertz CT molecular complexity index is 294. The maximum Gasteiger partial charge on any atom is 0.172 e. The first-order chi connectivity index (χ1) is 6.27. The SMILES string of the molecule is Oc1cnn(CC2CCCO2)c1Cl. The van der Waals surface area contributed by atoms with Crippen molar-refractivity contribution in [2.75, 3.05) is 6.61 Å². The summed E-state index contributed by atoms with van der Waals surface area (Å²) >= 11 is 5.78. The zero-order valence-corrected chi connectivity index (χ0v) is 7.87. The maximum atomic E-state index is 9.16. The molecule has 0 saturated carbocycles. The highest BCUT2D eigenvalue weighted by molar-refractivity contribution is 6.30. The smallest absolute Gasteiger partial charge is 0.172 e. The molecule has 1 aromatic heterocycles. The van der Waals surface area contributed by atoms with E-state index in [9.17, 15) is 0 Å². The Morgan fingerprint density at radius 1 is 1.77 bits per heavy atom. The first-order valence-corrected chi connectivity index (χ1v) is 4.67. The topological polar surface area (TPSA) is 47.3 Å². The highest BCUT2D eigenvalue weighted by Gasteiger charge is 2.18. The summed E-state index contributed by atoms with van der Waals surface area (Å²) in [5, 5.41) is 13.4. The predicted molar refractivity (Wildman–Crippen MR) is 47.9 cm³/mol. The van der Waals surface area contributed by atoms with Crippen LogP contribution in [0.15, 0.2) is 6.20 Å². The number of aromatic nitrogens is 2. The monoisotopic (exact) mass is 202 g/mol. The summed E-state index contributed by atoms with van der Waals surface area (Å²) in [4.78, 5) is 0. The van der Waals surface area contributed by atoms with Gasteiger partial charge in [-0.2, -0.15) is 5.10 Å². The lowest BCUT2D eigenvalue weighted by molar-refractivity contribution is 0.0940. The van der Waals surface area contributed by atoms with Gasteiger partial charge in [-0.15, -0.1) is 0 Å². The Kier molecular flexibility index (Phi) is 2.42. The zero-order chi connectivity index (χ0) is 9.26. The third-order valence-electron chi connectivity index (χ3n) is 2.16. The summed E-state index contributed by atoms with van der Waals surface area (Å²) in [6, 6.07) is 0. The molecule has 0 bridgehead atoms. The van der Waals surface area contributed by atoms with Gasteiger partial charge in [0, 0.05) is 6.61 Å². The van der Waals surface area contributed by atoms with Crippen LogP contribution < -0.4 is 0 Å². The second-order valence-electron chi connectivity index (χ2n) is 3.14. The van der Waals surface area contributed by atoms with Crippen molar-refractivity contribution in [2.45, 2.75) is 25.5 Å². The lowest BCUT2D eigenvalue weighted by atomic mass is 10.2. The van der Waals surface area contributed by atoms with Gasteiger partial charge in [-0.1, -0.05) is 11.6 Å². The van der Waals surface area contributed by atoms with Crippen molar-refractivity contribution in [3.8, 4) is 5.75 Å². The predicted octanol–water partition coefficient (Wildman–Crippen LogP) is 1.42. The number of halogens is 1. The highest BCUT2D eigenvalue weighted by Crippen LogP contribution is 2.23. The minimum absolute atomic E-state index is 0.0275. The van der Waals surface area contributed by atoms with Gasteiger partial charge in [0.2, 0.25) is 0 Å². The van der Waals surface area contributed by atoms with Crippen LogP contribution in [0.4, 0.5) is 0 Å². The lowest BCUT2D eigenvalue weighted by Crippen LogP contribution is -2.15. The van der Waals surface area contributed by atoms with E-state index in [1.54, 1.807) is 4.68 Å². The van der Waals surface area contributed by atoms with Gasteiger partial charge in [0.15, 0.2) is 10.9 Å². The minimum Gasteiger partial charge on any atom is -0.504 e. The molecule has 0 aliphatic carbocycles. The average Bonchev–Trinajstić information content (AvgIpc) is 2.71. The molecule has 1 aromatic rings. The second kappa shape index (κ2) is 3.55. The molecule has 0 radical (unpaired) electrons. The molecule has 4 nitrogen and oxygen atoms in total. The summed E-state index contributed by atoms with van der Waals surface area (Å²) in [6.07, 6.45) is 3.67. The van der Waals surface area contributed by atoms with Gasteiger partial charge in [-0.3, -0.25) is 0 Å². The van der Waals surface area contributed by atoms with Gasteiger partial charge >= 0.3 is 0 Å². The Balaban J connectivity index is 2.04. The van der Waals surface area contributed by atoms with E-state index in [1.165, 1.54) is 6.20 Å². The van der Waals surface area contributed by atoms with Crippen molar-refractivity contribution in [1.29, 1.82) is 0 Å². The van der Waals surface area contributed by atoms with Crippen LogP contribution in [-0.2, 0) is 11.3 Å². The van der Waals surface area contributed by atoms with Crippen LogP contribution in [0, 0.1) is 0 Å². The molecule has 1 aliphatic heterocycles. The third-order valence-corrected chi connectivity index (χ3v) is 2.55. The number of rotatable bonds is 2. The number of ether oxygens (including phenoxy) is 1. The molecule has 0 aromatic carbocycles. The number of nitrogens with zero attached hydrogens (tertiary/aromatic N) is 2. The first-order valence-electron chi connectivity index (χ1n) is 4.29. The van der Waals surface area contributed by atoms with Crippen molar-refractivity contribution in [3.63, 3.8) is 0 Å². The number of aromatic hydroxyl groups is 1. The van der Waals surface area contributed by atoms with E-state index in [2.05, 4.69) is 5.10 Å². The van der Waals surface area contributed by atoms with Gasteiger partial charge in [-0.25, -0.2) is 4.68 Å². The summed E-state index contributed by atoms with van der Waals surface area (Å²) < 4.78 is 6.98. The Labute approximate surface area is 81.1 Å². The summed E-state index contributed by atoms with van der Waals surface area (Å²) in [5.74, 6) is 0.0275. The molecule has 1 unspecified atom stereocenters. The van der Waals surface area contributed by atoms with Crippen molar-refractivity contribution in [2.24, 2.45) is 0 Å². The van der Waals surface area contributed by atoms with Gasteiger partial charge < -0.3 is 9.84 Å². The van der Waals surface area contributed by atoms with Gasteiger partial charge in [0.1, 0.15) is 0 Å². The van der Waals surface area contributed by atoms with Crippen LogP contribution in [-0.4, -0.2) is 27.6 Å². The molecule has 0 amide bonds. The summed E-state index contributed by atoms with van der Waals surface area (Å²) in [7, 11) is 0. The van der Waals surface area contributed by atoms with Crippen LogP contribution in [0.3, 0.4) is 0 Å². The fourth-order valence-electron chi connectivity index (χ4n) is 1.47. The quantitative estimate of drug-likeness (QED) is 0.789. The Hall–Kier alpha value is -0.740. The largest absolute Gasteiger partial charge is 0.504 e. The fourth-order valence-corrected chi connectivity index (χ4v) is 1.63. The van der Waals surface area contributed by atoms with Crippen LogP contribution in [0.1, 0.15) is 12.8 Å². The third kappa shape index (κ3) is 1.78. The molecule has 72 valence electrons. The van der Waals surface area contributed by atoms with E-state index in [-0.39, 0.29) is 17.0 Å². The van der Waals surface area contributed by atoms with E-state index in [0.29, 0.717) is 6.54 Å². The standard InChI is InChI=1S/C8H11ClN2O2/c9-8-7(12)4-10-11(8)5-6-2-1-3-13-6/h4,6,12H,1-3,5H2. The van der Waals surface area contributed by atoms with E-state index < -0.39 is 0 Å². The average molecular weight is 203 g/mol. The molecule has 2 heterocycles. The Morgan fingerprint density at radius 2 is 2.62 bits per heavy atom. The molecule has 1 atom stereocenters. The van der Waals surface area contributed by atoms with Crippen molar-refractivity contribution in [3.05, 3.63) is 11.3 Å². The molecule has 5 heteroatoms. The van der Waals surface area contributed by atoms with Crippen molar-refractivity contribution in [1.82, 2.24) is 9.78 Å². The molecule has 1 N–H and O–H groups in total. The van der Waals surface area contributed by atoms with Gasteiger partial charge in [0.05, 0.1) is 18.8 Å². The molecule has 1 aliphatic rings. The van der Waals surface area contributed by atoms with E-state index in [0.717, 1.165) is 19.4 Å². The molecular weight excluding hydrogens is 192 g/mol. The van der Waals surface area contributed by atoms with E-state index >= 15 is 0 Å². The summed E-state index contributed by atoms with van der Waals surface area (Å²) in [5.41, 5.74) is 0. The minimum atomic E-state index is 0.0275. The van der Waals surface area contributed by atoms with Crippen LogP contribution in [0.2, 0.25) is 5.15 Å². The van der Waals surface area contributed by atoms with Crippen LogP contribution >= 0.6 is 11.6 Å². The number of hydrogen-bond acceptors (Lipinski definition) is 3. The molecule has 2 rings (SSSR count). The fraction of sp³-hybridized carbons (Fsp3) is 0.625. The molecule has 0 spiro atoms. The second-order valence-corrected chi connectivity index (χ2v) is 3.50. The maximum absolute atomic E-state index is 9.16. The van der Waals surface area contributed by atoms with Gasteiger partial charge in [-0.05, 0) is 12.8 Å². The van der Waals surface area contributed by atoms with Crippen molar-refractivity contribution >= 4 is 11.6 Å². The van der Waals surface area contributed by atoms with Crippen LogP contribution in [0.25, 0.3) is 0 Å². The summed E-state index contributed by atoms with van der Waals surface area (Å²) in [6.45, 7) is 1.44. The molecule has 1 saturated heterocycles.